The molecule has 1 saturated heterocycles. The summed E-state index contributed by atoms with van der Waals surface area (Å²) in [5.74, 6) is -1.20. The molecule has 154 valence electrons. The number of carboxylic acids is 1. The summed E-state index contributed by atoms with van der Waals surface area (Å²) < 4.78 is 0. The van der Waals surface area contributed by atoms with Gasteiger partial charge in [-0.2, -0.15) is 0 Å². The van der Waals surface area contributed by atoms with Gasteiger partial charge in [0.05, 0.1) is 6.10 Å². The summed E-state index contributed by atoms with van der Waals surface area (Å²) in [6.45, 7) is 1.03. The van der Waals surface area contributed by atoms with E-state index in [1.165, 1.54) is 0 Å². The number of aliphatic hydroxyl groups is 1. The normalized spacial score (nSPS) is 21.9. The van der Waals surface area contributed by atoms with E-state index in [0.29, 0.717) is 12.1 Å². The monoisotopic (exact) mass is 396 g/mol. The first-order valence-corrected chi connectivity index (χ1v) is 9.80. The molecule has 6 nitrogen and oxygen atoms in total. The van der Waals surface area contributed by atoms with Crippen LogP contribution >= 0.6 is 0 Å². The number of β-amino-alcohol motifs (C(OH)–C–C–N with tert-alkyl or cyclic N) is 1. The number of likely N-dealkylation sites (tertiary alicyclic amines) is 1. The molecule has 1 aliphatic rings. The fourth-order valence-corrected chi connectivity index (χ4v) is 4.00. The Hall–Kier alpha value is -2.70. The molecule has 29 heavy (non-hydrogen) atoms. The van der Waals surface area contributed by atoms with E-state index >= 15 is 0 Å². The zero-order valence-electron chi connectivity index (χ0n) is 16.9. The van der Waals surface area contributed by atoms with E-state index in [9.17, 15) is 19.8 Å². The fraction of sp³-hybridized carbons (Fsp3) is 0.391. The third-order valence-corrected chi connectivity index (χ3v) is 5.61. The maximum atomic E-state index is 13.0. The van der Waals surface area contributed by atoms with Gasteiger partial charge >= 0.3 is 5.97 Å². The second-order valence-corrected chi connectivity index (χ2v) is 8.08. The molecule has 2 atom stereocenters. The molecule has 0 saturated carbocycles. The Morgan fingerprint density at radius 2 is 1.79 bits per heavy atom. The van der Waals surface area contributed by atoms with Crippen LogP contribution in [0.5, 0.6) is 0 Å². The molecule has 0 spiro atoms. The van der Waals surface area contributed by atoms with E-state index in [0.717, 1.165) is 17.7 Å². The van der Waals surface area contributed by atoms with E-state index in [2.05, 4.69) is 0 Å². The quantitative estimate of drug-likeness (QED) is 0.783. The lowest BCUT2D eigenvalue weighted by Gasteiger charge is -2.43. The lowest BCUT2D eigenvalue weighted by atomic mass is 9.71. The minimum absolute atomic E-state index is 0.00980. The van der Waals surface area contributed by atoms with Crippen molar-refractivity contribution in [1.82, 2.24) is 9.80 Å². The number of carbonyl (C=O) groups is 2. The summed E-state index contributed by atoms with van der Waals surface area (Å²) in [6.07, 6.45) is -0.686. The maximum absolute atomic E-state index is 13.0. The van der Waals surface area contributed by atoms with Crippen LogP contribution in [-0.2, 0) is 17.8 Å². The van der Waals surface area contributed by atoms with Gasteiger partial charge in [0, 0.05) is 25.2 Å². The van der Waals surface area contributed by atoms with Gasteiger partial charge in [0.1, 0.15) is 5.41 Å². The second-order valence-electron chi connectivity index (χ2n) is 8.08. The highest BCUT2D eigenvalue weighted by atomic mass is 16.4. The number of amides is 1. The van der Waals surface area contributed by atoms with Crippen molar-refractivity contribution in [2.45, 2.75) is 25.5 Å². The first kappa shape index (κ1) is 21.0. The van der Waals surface area contributed by atoms with Gasteiger partial charge < -0.3 is 20.0 Å². The van der Waals surface area contributed by atoms with E-state index in [1.54, 1.807) is 11.0 Å². The van der Waals surface area contributed by atoms with Gasteiger partial charge in [0.25, 0.3) is 5.91 Å². The number of nitrogens with zero attached hydrogens (tertiary/aromatic N) is 2. The summed E-state index contributed by atoms with van der Waals surface area (Å²) in [4.78, 5) is 28.7. The Morgan fingerprint density at radius 1 is 1.10 bits per heavy atom. The molecular formula is C23H28N2O4. The molecule has 3 rings (SSSR count). The Bertz CT molecular complexity index is 868. The molecule has 1 heterocycles. The van der Waals surface area contributed by atoms with Crippen LogP contribution < -0.4 is 0 Å². The molecule has 2 aromatic rings. The Kier molecular flexibility index (Phi) is 6.35. The SMILES string of the molecule is CN(C)Cc1cccc(C(=O)N2CC[C@](Cc3ccccc3)(C(=O)O)[C@H](O)C2)c1. The molecule has 0 unspecified atom stereocenters. The number of hydrogen-bond donors (Lipinski definition) is 2. The summed E-state index contributed by atoms with van der Waals surface area (Å²) in [5.41, 5.74) is 1.17. The predicted octanol–water partition coefficient (Wildman–Crippen LogP) is 2.27. The van der Waals surface area contributed by atoms with Crippen molar-refractivity contribution in [2.75, 3.05) is 27.2 Å². The number of hydrogen-bond acceptors (Lipinski definition) is 4. The van der Waals surface area contributed by atoms with Crippen LogP contribution in [0.2, 0.25) is 0 Å². The van der Waals surface area contributed by atoms with Gasteiger partial charge in [-0.3, -0.25) is 9.59 Å². The van der Waals surface area contributed by atoms with E-state index in [1.807, 2.05) is 67.5 Å². The number of benzene rings is 2. The number of rotatable bonds is 6. The molecule has 0 aromatic heterocycles. The van der Waals surface area contributed by atoms with Crippen molar-refractivity contribution in [3.63, 3.8) is 0 Å². The second kappa shape index (κ2) is 8.76. The number of carboxylic acid groups (broad SMARTS) is 1. The van der Waals surface area contributed by atoms with Gasteiger partial charge in [0.2, 0.25) is 0 Å². The molecule has 2 N–H and O–H groups in total. The molecule has 0 radical (unpaired) electrons. The van der Waals surface area contributed by atoms with Crippen LogP contribution in [0.1, 0.15) is 27.9 Å². The standard InChI is InChI=1S/C23H28N2O4/c1-24(2)15-18-9-6-10-19(13-18)21(27)25-12-11-23(22(28)29,20(26)16-25)14-17-7-4-3-5-8-17/h3-10,13,20,26H,11-12,14-16H2,1-2H3,(H,28,29)/t20-,23-/m1/s1. The third-order valence-electron chi connectivity index (χ3n) is 5.61. The van der Waals surface area contributed by atoms with Crippen molar-refractivity contribution < 1.29 is 19.8 Å². The summed E-state index contributed by atoms with van der Waals surface area (Å²) in [7, 11) is 3.93. The van der Waals surface area contributed by atoms with Gasteiger partial charge in [-0.25, -0.2) is 0 Å². The minimum atomic E-state index is -1.29. The number of aliphatic carboxylic acids is 1. The zero-order valence-corrected chi connectivity index (χ0v) is 16.9. The number of piperidine rings is 1. The van der Waals surface area contributed by atoms with E-state index in [4.69, 9.17) is 0 Å². The first-order chi connectivity index (χ1) is 13.8. The molecular weight excluding hydrogens is 368 g/mol. The maximum Gasteiger partial charge on any atom is 0.312 e. The average Bonchev–Trinajstić information content (AvgIpc) is 2.69. The Labute approximate surface area is 171 Å². The topological polar surface area (TPSA) is 81.1 Å². The highest BCUT2D eigenvalue weighted by molar-refractivity contribution is 5.94. The van der Waals surface area contributed by atoms with Crippen LogP contribution in [0, 0.1) is 5.41 Å². The Morgan fingerprint density at radius 3 is 2.41 bits per heavy atom. The third kappa shape index (κ3) is 4.66. The molecule has 1 amide bonds. The zero-order chi connectivity index (χ0) is 21.0. The summed E-state index contributed by atoms with van der Waals surface area (Å²) >= 11 is 0. The average molecular weight is 396 g/mol. The minimum Gasteiger partial charge on any atom is -0.481 e. The molecule has 0 bridgehead atoms. The highest BCUT2D eigenvalue weighted by Crippen LogP contribution is 2.36. The van der Waals surface area contributed by atoms with Gasteiger partial charge in [-0.15, -0.1) is 0 Å². The van der Waals surface area contributed by atoms with Crippen LogP contribution in [0.4, 0.5) is 0 Å². The fourth-order valence-electron chi connectivity index (χ4n) is 4.00. The van der Waals surface area contributed by atoms with Crippen molar-refractivity contribution in [1.29, 1.82) is 0 Å². The van der Waals surface area contributed by atoms with Gasteiger partial charge in [-0.1, -0.05) is 42.5 Å². The van der Waals surface area contributed by atoms with Crippen LogP contribution in [0.3, 0.4) is 0 Å². The largest absolute Gasteiger partial charge is 0.481 e. The molecule has 6 heteroatoms. The summed E-state index contributed by atoms with van der Waals surface area (Å²) in [6, 6.07) is 16.8. The van der Waals surface area contributed by atoms with Crippen molar-refractivity contribution in [2.24, 2.45) is 5.41 Å². The number of aliphatic hydroxyl groups excluding tert-OH is 1. The first-order valence-electron chi connectivity index (χ1n) is 9.80. The van der Waals surface area contributed by atoms with Crippen LogP contribution in [-0.4, -0.2) is 65.2 Å². The Balaban J connectivity index is 1.76. The predicted molar refractivity (Wildman–Crippen MR) is 111 cm³/mol. The van der Waals surface area contributed by atoms with Crippen LogP contribution in [0.25, 0.3) is 0 Å². The lowest BCUT2D eigenvalue weighted by Crippen LogP contribution is -2.57. The molecule has 1 fully saturated rings. The van der Waals surface area contributed by atoms with Gasteiger partial charge in [-0.05, 0) is 50.2 Å². The van der Waals surface area contributed by atoms with Crippen LogP contribution in [0.15, 0.2) is 54.6 Å². The number of carbonyl (C=O) groups excluding carboxylic acids is 1. The molecule has 0 aliphatic carbocycles. The van der Waals surface area contributed by atoms with Crippen molar-refractivity contribution in [3.8, 4) is 0 Å². The molecule has 1 aliphatic heterocycles. The van der Waals surface area contributed by atoms with Crippen molar-refractivity contribution in [3.05, 3.63) is 71.3 Å². The highest BCUT2D eigenvalue weighted by Gasteiger charge is 2.49. The van der Waals surface area contributed by atoms with Gasteiger partial charge in [0.15, 0.2) is 0 Å². The van der Waals surface area contributed by atoms with E-state index < -0.39 is 17.5 Å². The molecule has 2 aromatic carbocycles. The smallest absolute Gasteiger partial charge is 0.312 e. The van der Waals surface area contributed by atoms with Crippen molar-refractivity contribution >= 4 is 11.9 Å². The van der Waals surface area contributed by atoms with E-state index in [-0.39, 0.29) is 25.3 Å². The lowest BCUT2D eigenvalue weighted by molar-refractivity contribution is -0.161. The summed E-state index contributed by atoms with van der Waals surface area (Å²) in [5, 5.41) is 20.7.